The molecule has 8 heteroatoms. The zero-order valence-corrected chi connectivity index (χ0v) is 14.3. The summed E-state index contributed by atoms with van der Waals surface area (Å²) in [4.78, 5) is 8.76. The molecule has 0 bridgehead atoms. The third-order valence-corrected chi connectivity index (χ3v) is 3.90. The van der Waals surface area contributed by atoms with Crippen LogP contribution < -0.4 is 10.1 Å². The van der Waals surface area contributed by atoms with Crippen molar-refractivity contribution in [2.24, 2.45) is 0 Å². The molecule has 4 heterocycles. The monoisotopic (exact) mass is 340 g/mol. The zero-order valence-electron chi connectivity index (χ0n) is 14.3. The lowest BCUT2D eigenvalue weighted by atomic mass is 10.2. The predicted molar refractivity (Wildman–Crippen MR) is 90.8 cm³/mol. The van der Waals surface area contributed by atoms with Gasteiger partial charge in [-0.2, -0.15) is 10.1 Å². The van der Waals surface area contributed by atoms with Crippen LogP contribution >= 0.6 is 0 Å². The molecule has 3 aromatic rings. The maximum atomic E-state index is 5.73. The number of ether oxygens (including phenoxy) is 1. The number of nitrogens with zero attached hydrogens (tertiary/aromatic N) is 5. The van der Waals surface area contributed by atoms with Crippen LogP contribution in [0, 0.1) is 0 Å². The van der Waals surface area contributed by atoms with E-state index in [0.29, 0.717) is 28.9 Å². The number of hydrogen-bond donors (Lipinski definition) is 1. The molecule has 0 spiro atoms. The summed E-state index contributed by atoms with van der Waals surface area (Å²) in [6.07, 6.45) is 2.74. The molecule has 0 fully saturated rings. The molecule has 1 N–H and O–H groups in total. The summed E-state index contributed by atoms with van der Waals surface area (Å²) in [5.74, 6) is 1.34. The van der Waals surface area contributed by atoms with Crippen LogP contribution in [0.3, 0.4) is 0 Å². The molecule has 25 heavy (non-hydrogen) atoms. The lowest BCUT2D eigenvalue weighted by Crippen LogP contribution is -2.11. The van der Waals surface area contributed by atoms with Crippen LogP contribution in [0.2, 0.25) is 0 Å². The van der Waals surface area contributed by atoms with E-state index >= 15 is 0 Å². The Bertz CT molecular complexity index is 846. The van der Waals surface area contributed by atoms with E-state index in [-0.39, 0.29) is 6.10 Å². The van der Waals surface area contributed by atoms with Crippen molar-refractivity contribution < 1.29 is 9.26 Å². The van der Waals surface area contributed by atoms with Gasteiger partial charge in [-0.05, 0) is 45.0 Å². The van der Waals surface area contributed by atoms with E-state index in [2.05, 4.69) is 25.5 Å². The van der Waals surface area contributed by atoms with E-state index in [1.807, 2.05) is 36.7 Å². The molecular weight excluding hydrogens is 320 g/mol. The molecule has 0 saturated carbocycles. The summed E-state index contributed by atoms with van der Waals surface area (Å²) in [7, 11) is 0. The molecule has 0 saturated heterocycles. The van der Waals surface area contributed by atoms with Gasteiger partial charge in [0, 0.05) is 19.3 Å². The van der Waals surface area contributed by atoms with Crippen LogP contribution in [0.4, 0.5) is 0 Å². The maximum absolute atomic E-state index is 5.73. The first-order chi connectivity index (χ1) is 12.2. The van der Waals surface area contributed by atoms with E-state index in [9.17, 15) is 0 Å². The van der Waals surface area contributed by atoms with Crippen molar-refractivity contribution in [1.29, 1.82) is 0 Å². The molecule has 130 valence electrons. The molecule has 0 atom stereocenters. The van der Waals surface area contributed by atoms with Gasteiger partial charge < -0.3 is 14.6 Å². The number of aryl methyl sites for hydroxylation is 1. The van der Waals surface area contributed by atoms with Crippen molar-refractivity contribution in [3.63, 3.8) is 0 Å². The van der Waals surface area contributed by atoms with E-state index < -0.39 is 0 Å². The van der Waals surface area contributed by atoms with Gasteiger partial charge in [0.05, 0.1) is 17.4 Å². The van der Waals surface area contributed by atoms with E-state index in [4.69, 9.17) is 9.26 Å². The molecule has 0 aliphatic carbocycles. The molecule has 0 unspecified atom stereocenters. The fraction of sp³-hybridized carbons (Fsp3) is 0.412. The Morgan fingerprint density at radius 2 is 2.28 bits per heavy atom. The first-order valence-corrected chi connectivity index (χ1v) is 8.44. The standard InChI is InChI=1S/C17H20N6O2/c1-11(2)24-16-13(5-3-7-19-16)15-20-17(25-22-15)14-9-12-10-18-6-4-8-23(12)21-14/h3,5,7,9,11,18H,4,6,8,10H2,1-2H3. The Kier molecular flexibility index (Phi) is 4.19. The fourth-order valence-corrected chi connectivity index (χ4v) is 2.78. The van der Waals surface area contributed by atoms with Gasteiger partial charge in [0.25, 0.3) is 5.89 Å². The van der Waals surface area contributed by atoms with E-state index in [0.717, 1.165) is 31.7 Å². The molecule has 1 aliphatic rings. The highest BCUT2D eigenvalue weighted by atomic mass is 16.5. The number of nitrogens with one attached hydrogen (secondary N) is 1. The van der Waals surface area contributed by atoms with Gasteiger partial charge in [-0.3, -0.25) is 4.68 Å². The summed E-state index contributed by atoms with van der Waals surface area (Å²) < 4.78 is 13.2. The predicted octanol–water partition coefficient (Wildman–Crippen LogP) is 2.28. The van der Waals surface area contributed by atoms with Crippen molar-refractivity contribution in [2.75, 3.05) is 6.54 Å². The normalized spacial score (nSPS) is 14.4. The van der Waals surface area contributed by atoms with Crippen molar-refractivity contribution in [2.45, 2.75) is 39.5 Å². The van der Waals surface area contributed by atoms with Crippen molar-refractivity contribution >= 4 is 0 Å². The molecule has 4 rings (SSSR count). The first kappa shape index (κ1) is 15.8. The van der Waals surface area contributed by atoms with Gasteiger partial charge in [0.15, 0.2) is 5.69 Å². The first-order valence-electron chi connectivity index (χ1n) is 8.44. The number of pyridine rings is 1. The smallest absolute Gasteiger partial charge is 0.278 e. The summed E-state index contributed by atoms with van der Waals surface area (Å²) in [6, 6.07) is 5.68. The molecule has 1 aliphatic heterocycles. The average molecular weight is 340 g/mol. The summed E-state index contributed by atoms with van der Waals surface area (Å²) in [5, 5.41) is 12.0. The van der Waals surface area contributed by atoms with Crippen LogP contribution in [0.25, 0.3) is 23.0 Å². The highest BCUT2D eigenvalue weighted by Crippen LogP contribution is 2.28. The summed E-state index contributed by atoms with van der Waals surface area (Å²) in [5.41, 5.74) is 2.51. The topological polar surface area (TPSA) is 90.9 Å². The summed E-state index contributed by atoms with van der Waals surface area (Å²) in [6.45, 7) is 6.59. The maximum Gasteiger partial charge on any atom is 0.278 e. The Morgan fingerprint density at radius 3 is 3.16 bits per heavy atom. The van der Waals surface area contributed by atoms with E-state index in [1.54, 1.807) is 6.20 Å². The second-order valence-electron chi connectivity index (χ2n) is 6.22. The van der Waals surface area contributed by atoms with Crippen LogP contribution in [0.5, 0.6) is 5.88 Å². The highest BCUT2D eigenvalue weighted by Gasteiger charge is 2.19. The van der Waals surface area contributed by atoms with Crippen LogP contribution in [0.1, 0.15) is 26.0 Å². The highest BCUT2D eigenvalue weighted by molar-refractivity contribution is 5.63. The average Bonchev–Trinajstić information content (AvgIpc) is 3.17. The number of fused-ring (bicyclic) bond motifs is 1. The van der Waals surface area contributed by atoms with Crippen molar-refractivity contribution in [3.05, 3.63) is 30.1 Å². The second-order valence-corrected chi connectivity index (χ2v) is 6.22. The summed E-state index contributed by atoms with van der Waals surface area (Å²) >= 11 is 0. The Balaban J connectivity index is 1.65. The number of hydrogen-bond acceptors (Lipinski definition) is 7. The minimum Gasteiger partial charge on any atom is -0.474 e. The van der Waals surface area contributed by atoms with Gasteiger partial charge >= 0.3 is 0 Å². The lowest BCUT2D eigenvalue weighted by molar-refractivity contribution is 0.233. The third-order valence-electron chi connectivity index (χ3n) is 3.90. The molecule has 0 radical (unpaired) electrons. The third kappa shape index (κ3) is 3.25. The van der Waals surface area contributed by atoms with Gasteiger partial charge in [0.2, 0.25) is 11.7 Å². The molecule has 0 amide bonds. The van der Waals surface area contributed by atoms with Crippen LogP contribution in [-0.4, -0.2) is 37.6 Å². The van der Waals surface area contributed by atoms with Gasteiger partial charge in [-0.1, -0.05) is 5.16 Å². The van der Waals surface area contributed by atoms with Gasteiger partial charge in [-0.15, -0.1) is 0 Å². The minimum atomic E-state index is 0.0105. The van der Waals surface area contributed by atoms with Gasteiger partial charge in [-0.25, -0.2) is 4.98 Å². The SMILES string of the molecule is CC(C)Oc1ncccc1-c1noc(-c2cc3n(n2)CCCNC3)n1. The largest absolute Gasteiger partial charge is 0.474 e. The second kappa shape index (κ2) is 6.64. The molecule has 3 aromatic heterocycles. The minimum absolute atomic E-state index is 0.0105. The Labute approximate surface area is 145 Å². The molecule has 0 aromatic carbocycles. The molecular formula is C17H20N6O2. The van der Waals surface area contributed by atoms with Crippen molar-refractivity contribution in [3.8, 4) is 28.9 Å². The van der Waals surface area contributed by atoms with Crippen LogP contribution in [0.15, 0.2) is 28.9 Å². The number of aromatic nitrogens is 5. The Morgan fingerprint density at radius 1 is 1.36 bits per heavy atom. The van der Waals surface area contributed by atoms with Gasteiger partial charge in [0.1, 0.15) is 0 Å². The van der Waals surface area contributed by atoms with Crippen LogP contribution in [-0.2, 0) is 13.1 Å². The van der Waals surface area contributed by atoms with Crippen molar-refractivity contribution in [1.82, 2.24) is 30.2 Å². The lowest BCUT2D eigenvalue weighted by Gasteiger charge is -2.10. The molecule has 8 nitrogen and oxygen atoms in total. The fourth-order valence-electron chi connectivity index (χ4n) is 2.78. The quantitative estimate of drug-likeness (QED) is 0.779. The number of rotatable bonds is 4. The zero-order chi connectivity index (χ0) is 17.2. The Hall–Kier alpha value is -2.74. The van der Waals surface area contributed by atoms with E-state index in [1.165, 1.54) is 0 Å².